The first kappa shape index (κ1) is 15.1. The lowest BCUT2D eigenvalue weighted by Crippen LogP contribution is -2.40. The molecular weight excluding hydrogens is 278 g/mol. The van der Waals surface area contributed by atoms with E-state index in [1.807, 2.05) is 19.9 Å². The van der Waals surface area contributed by atoms with Crippen molar-refractivity contribution < 1.29 is 4.74 Å². The van der Waals surface area contributed by atoms with Crippen LogP contribution in [-0.4, -0.2) is 60.5 Å². The summed E-state index contributed by atoms with van der Waals surface area (Å²) in [6.07, 6.45) is 2.27. The number of aliphatic imine (C=N–C) groups is 1. The van der Waals surface area contributed by atoms with Crippen LogP contribution >= 0.6 is 0 Å². The maximum Gasteiger partial charge on any atom is 0.218 e. The maximum absolute atomic E-state index is 5.53. The van der Waals surface area contributed by atoms with Crippen molar-refractivity contribution in [1.82, 2.24) is 14.9 Å². The fourth-order valence-corrected chi connectivity index (χ4v) is 3.27. The Hall–Kier alpha value is -1.85. The van der Waals surface area contributed by atoms with Crippen LogP contribution in [0.1, 0.15) is 25.6 Å². The molecule has 6 heteroatoms. The molecule has 6 nitrogen and oxygen atoms in total. The normalized spacial score (nSPS) is 19.5. The van der Waals surface area contributed by atoms with Gasteiger partial charge in [-0.15, -0.1) is 0 Å². The zero-order chi connectivity index (χ0) is 15.5. The highest BCUT2D eigenvalue weighted by Gasteiger charge is 2.28. The first-order chi connectivity index (χ1) is 10.7. The van der Waals surface area contributed by atoms with Crippen LogP contribution in [-0.2, 0) is 0 Å². The second kappa shape index (κ2) is 6.50. The standard InChI is InChI=1S/C16H25N5O/c1-4-22-15-11-14(18-12(2)19-15)21-8-5-13(6-9-21)16-17-7-10-20(16)3/h11,13H,4-10H2,1-3H3. The van der Waals surface area contributed by atoms with E-state index < -0.39 is 0 Å². The molecule has 0 N–H and O–H groups in total. The summed E-state index contributed by atoms with van der Waals surface area (Å²) in [7, 11) is 2.15. The van der Waals surface area contributed by atoms with Crippen LogP contribution in [0.5, 0.6) is 5.88 Å². The Morgan fingerprint density at radius 1 is 1.23 bits per heavy atom. The van der Waals surface area contributed by atoms with Gasteiger partial charge in [0, 0.05) is 38.7 Å². The molecule has 0 atom stereocenters. The number of likely N-dealkylation sites (N-methyl/N-ethyl adjacent to an activating group) is 1. The van der Waals surface area contributed by atoms with Gasteiger partial charge in [0.15, 0.2) is 0 Å². The molecule has 0 spiro atoms. The van der Waals surface area contributed by atoms with Gasteiger partial charge in [0.05, 0.1) is 13.2 Å². The number of aryl methyl sites for hydroxylation is 1. The summed E-state index contributed by atoms with van der Waals surface area (Å²) >= 11 is 0. The first-order valence-corrected chi connectivity index (χ1v) is 8.16. The quantitative estimate of drug-likeness (QED) is 0.848. The Bertz CT molecular complexity index is 551. The number of hydrogen-bond donors (Lipinski definition) is 0. The van der Waals surface area contributed by atoms with Crippen molar-refractivity contribution in [3.8, 4) is 5.88 Å². The lowest BCUT2D eigenvalue weighted by molar-refractivity contribution is 0.325. The largest absolute Gasteiger partial charge is 0.478 e. The van der Waals surface area contributed by atoms with Gasteiger partial charge >= 0.3 is 0 Å². The van der Waals surface area contributed by atoms with Crippen LogP contribution in [0.2, 0.25) is 0 Å². The van der Waals surface area contributed by atoms with Gasteiger partial charge in [-0.1, -0.05) is 0 Å². The van der Waals surface area contributed by atoms with Crippen molar-refractivity contribution >= 4 is 11.7 Å². The van der Waals surface area contributed by atoms with Gasteiger partial charge in [-0.2, -0.15) is 4.98 Å². The van der Waals surface area contributed by atoms with Crippen LogP contribution in [0.15, 0.2) is 11.1 Å². The summed E-state index contributed by atoms with van der Waals surface area (Å²) in [5, 5.41) is 0. The van der Waals surface area contributed by atoms with Gasteiger partial charge < -0.3 is 14.5 Å². The van der Waals surface area contributed by atoms with E-state index in [1.165, 1.54) is 5.84 Å². The van der Waals surface area contributed by atoms with Gasteiger partial charge in [0.1, 0.15) is 17.5 Å². The van der Waals surface area contributed by atoms with Gasteiger partial charge in [0.2, 0.25) is 5.88 Å². The number of amidine groups is 1. The average Bonchev–Trinajstić information content (AvgIpc) is 2.93. The van der Waals surface area contributed by atoms with Gasteiger partial charge in [0.25, 0.3) is 0 Å². The number of piperidine rings is 1. The van der Waals surface area contributed by atoms with Crippen molar-refractivity contribution in [1.29, 1.82) is 0 Å². The fraction of sp³-hybridized carbons (Fsp3) is 0.688. The lowest BCUT2D eigenvalue weighted by Gasteiger charge is -2.34. The molecule has 0 unspecified atom stereocenters. The van der Waals surface area contributed by atoms with E-state index in [9.17, 15) is 0 Å². The molecule has 0 amide bonds. The number of ether oxygens (including phenoxy) is 1. The molecule has 0 radical (unpaired) electrons. The van der Waals surface area contributed by atoms with E-state index in [2.05, 4.69) is 31.8 Å². The number of anilines is 1. The van der Waals surface area contributed by atoms with Gasteiger partial charge in [-0.3, -0.25) is 4.99 Å². The molecule has 120 valence electrons. The van der Waals surface area contributed by atoms with Crippen LogP contribution in [0.3, 0.4) is 0 Å². The van der Waals surface area contributed by atoms with Crippen LogP contribution < -0.4 is 9.64 Å². The lowest BCUT2D eigenvalue weighted by atomic mass is 9.95. The molecule has 2 aliphatic rings. The highest BCUT2D eigenvalue weighted by atomic mass is 16.5. The summed E-state index contributed by atoms with van der Waals surface area (Å²) in [6.45, 7) is 8.57. The Balaban J connectivity index is 1.66. The predicted molar refractivity (Wildman–Crippen MR) is 87.8 cm³/mol. The van der Waals surface area contributed by atoms with Crippen molar-refractivity contribution in [2.45, 2.75) is 26.7 Å². The zero-order valence-electron chi connectivity index (χ0n) is 13.7. The predicted octanol–water partition coefficient (Wildman–Crippen LogP) is 1.74. The molecular formula is C16H25N5O. The van der Waals surface area contributed by atoms with Crippen LogP contribution in [0.25, 0.3) is 0 Å². The van der Waals surface area contributed by atoms with Crippen molar-refractivity contribution in [3.05, 3.63) is 11.9 Å². The number of nitrogens with zero attached hydrogens (tertiary/aromatic N) is 5. The van der Waals surface area contributed by atoms with Crippen molar-refractivity contribution in [3.63, 3.8) is 0 Å². The molecule has 22 heavy (non-hydrogen) atoms. The average molecular weight is 303 g/mol. The first-order valence-electron chi connectivity index (χ1n) is 8.16. The molecule has 0 aliphatic carbocycles. The molecule has 1 fully saturated rings. The molecule has 3 rings (SSSR count). The third-order valence-electron chi connectivity index (χ3n) is 4.38. The SMILES string of the molecule is CCOc1cc(N2CCC(C3=NCCN3C)CC2)nc(C)n1. The molecule has 0 saturated carbocycles. The van der Waals surface area contributed by atoms with E-state index in [0.717, 1.165) is 50.7 Å². The van der Waals surface area contributed by atoms with E-state index in [0.29, 0.717) is 18.4 Å². The third-order valence-corrected chi connectivity index (χ3v) is 4.38. The summed E-state index contributed by atoms with van der Waals surface area (Å²) in [5.41, 5.74) is 0. The number of rotatable bonds is 4. The highest BCUT2D eigenvalue weighted by Crippen LogP contribution is 2.26. The summed E-state index contributed by atoms with van der Waals surface area (Å²) in [6, 6.07) is 1.95. The molecule has 1 saturated heterocycles. The van der Waals surface area contributed by atoms with Gasteiger partial charge in [-0.05, 0) is 26.7 Å². The Morgan fingerprint density at radius 3 is 2.64 bits per heavy atom. The molecule has 1 aromatic rings. The minimum Gasteiger partial charge on any atom is -0.478 e. The molecule has 0 bridgehead atoms. The van der Waals surface area contributed by atoms with E-state index in [-0.39, 0.29) is 0 Å². The smallest absolute Gasteiger partial charge is 0.218 e. The Labute approximate surface area is 132 Å². The topological polar surface area (TPSA) is 53.9 Å². The van der Waals surface area contributed by atoms with Crippen LogP contribution in [0.4, 0.5) is 5.82 Å². The van der Waals surface area contributed by atoms with Crippen LogP contribution in [0, 0.1) is 12.8 Å². The Morgan fingerprint density at radius 2 is 2.00 bits per heavy atom. The van der Waals surface area contributed by atoms with Crippen molar-refractivity contribution in [2.75, 3.05) is 44.7 Å². The summed E-state index contributed by atoms with van der Waals surface area (Å²) < 4.78 is 5.53. The fourth-order valence-electron chi connectivity index (χ4n) is 3.27. The number of hydrogen-bond acceptors (Lipinski definition) is 6. The van der Waals surface area contributed by atoms with Crippen molar-refractivity contribution in [2.24, 2.45) is 10.9 Å². The van der Waals surface area contributed by atoms with Gasteiger partial charge in [-0.25, -0.2) is 4.98 Å². The molecule has 0 aromatic carbocycles. The number of aromatic nitrogens is 2. The zero-order valence-corrected chi connectivity index (χ0v) is 13.7. The second-order valence-corrected chi connectivity index (χ2v) is 5.97. The highest BCUT2D eigenvalue weighted by molar-refractivity contribution is 5.86. The summed E-state index contributed by atoms with van der Waals surface area (Å²) in [4.78, 5) is 18.2. The minimum atomic E-state index is 0.595. The van der Waals surface area contributed by atoms with E-state index >= 15 is 0 Å². The summed E-state index contributed by atoms with van der Waals surface area (Å²) in [5.74, 6) is 4.32. The third kappa shape index (κ3) is 3.15. The molecule has 3 heterocycles. The minimum absolute atomic E-state index is 0.595. The molecule has 2 aliphatic heterocycles. The second-order valence-electron chi connectivity index (χ2n) is 5.97. The maximum atomic E-state index is 5.53. The monoisotopic (exact) mass is 303 g/mol. The van der Waals surface area contributed by atoms with E-state index in [4.69, 9.17) is 4.74 Å². The van der Waals surface area contributed by atoms with E-state index in [1.54, 1.807) is 0 Å². The Kier molecular flexibility index (Phi) is 4.45. The molecule has 1 aromatic heterocycles.